The third-order valence-corrected chi connectivity index (χ3v) is 3.32. The smallest absolute Gasteiger partial charge is 0.268 e. The first-order valence-corrected chi connectivity index (χ1v) is 6.59. The number of thiophene rings is 1. The number of aliphatic hydroxyl groups excluding tert-OH is 1. The summed E-state index contributed by atoms with van der Waals surface area (Å²) in [7, 11) is 0. The average Bonchev–Trinajstić information content (AvgIpc) is 3.10. The van der Waals surface area contributed by atoms with E-state index in [4.69, 9.17) is 9.63 Å². The van der Waals surface area contributed by atoms with Crippen molar-refractivity contribution in [2.24, 2.45) is 0 Å². The van der Waals surface area contributed by atoms with E-state index in [2.05, 4.69) is 20.5 Å². The maximum Gasteiger partial charge on any atom is 0.268 e. The molecule has 0 aliphatic carbocycles. The number of hydrogen-bond acceptors (Lipinski definition) is 7. The zero-order valence-electron chi connectivity index (χ0n) is 9.93. The lowest BCUT2D eigenvalue weighted by Crippen LogP contribution is -2.02. The highest BCUT2D eigenvalue weighted by Crippen LogP contribution is 2.22. The third-order valence-electron chi connectivity index (χ3n) is 2.46. The van der Waals surface area contributed by atoms with Crippen molar-refractivity contribution >= 4 is 11.3 Å². The number of aliphatic hydroxyl groups is 1. The molecule has 3 rings (SSSR count). The van der Waals surface area contributed by atoms with Crippen molar-refractivity contribution in [3.8, 4) is 10.8 Å². The lowest BCUT2D eigenvalue weighted by molar-refractivity contribution is 0.298. The van der Waals surface area contributed by atoms with Crippen molar-refractivity contribution in [3.63, 3.8) is 0 Å². The Morgan fingerprint density at radius 3 is 3.16 bits per heavy atom. The summed E-state index contributed by atoms with van der Waals surface area (Å²) >= 11 is 1.55. The standard InChI is InChI=1S/C11H11N5O2S/c17-4-3-8-6-16(15-13-8)7-10-12-11(18-14-10)9-2-1-5-19-9/h1-2,5-6,17H,3-4,7H2. The lowest BCUT2D eigenvalue weighted by atomic mass is 10.3. The molecule has 1 N–H and O–H groups in total. The molecule has 0 saturated carbocycles. The second-order valence-corrected chi connectivity index (χ2v) is 4.82. The van der Waals surface area contributed by atoms with Crippen LogP contribution < -0.4 is 0 Å². The molecule has 0 fully saturated rings. The second kappa shape index (κ2) is 5.29. The van der Waals surface area contributed by atoms with Gasteiger partial charge in [-0.1, -0.05) is 16.4 Å². The van der Waals surface area contributed by atoms with Crippen molar-refractivity contribution in [3.05, 3.63) is 35.2 Å². The van der Waals surface area contributed by atoms with Gasteiger partial charge in [0.15, 0.2) is 5.82 Å². The third kappa shape index (κ3) is 2.69. The fourth-order valence-corrected chi connectivity index (χ4v) is 2.25. The molecule has 0 amide bonds. The van der Waals surface area contributed by atoms with Gasteiger partial charge in [-0.2, -0.15) is 4.98 Å². The van der Waals surface area contributed by atoms with Gasteiger partial charge in [0.05, 0.1) is 10.6 Å². The van der Waals surface area contributed by atoms with E-state index in [9.17, 15) is 0 Å². The number of hydrogen-bond donors (Lipinski definition) is 1. The van der Waals surface area contributed by atoms with Gasteiger partial charge in [0, 0.05) is 19.2 Å². The highest BCUT2D eigenvalue weighted by molar-refractivity contribution is 7.13. The maximum atomic E-state index is 8.81. The van der Waals surface area contributed by atoms with Gasteiger partial charge in [-0.05, 0) is 11.4 Å². The first kappa shape index (κ1) is 12.0. The minimum absolute atomic E-state index is 0.0590. The summed E-state index contributed by atoms with van der Waals surface area (Å²) in [6.45, 7) is 0.455. The van der Waals surface area contributed by atoms with Crippen molar-refractivity contribution in [2.45, 2.75) is 13.0 Å². The van der Waals surface area contributed by atoms with Crippen LogP contribution in [0.4, 0.5) is 0 Å². The van der Waals surface area contributed by atoms with Crippen LogP contribution in [-0.4, -0.2) is 36.8 Å². The molecule has 8 heteroatoms. The van der Waals surface area contributed by atoms with Crippen LogP contribution in [0, 0.1) is 0 Å². The first-order chi connectivity index (χ1) is 9.35. The predicted octanol–water partition coefficient (Wildman–Crippen LogP) is 0.973. The van der Waals surface area contributed by atoms with Gasteiger partial charge in [-0.15, -0.1) is 16.4 Å². The normalized spacial score (nSPS) is 11.0. The molecule has 0 bridgehead atoms. The molecule has 0 aliphatic rings. The van der Waals surface area contributed by atoms with E-state index in [1.54, 1.807) is 22.2 Å². The van der Waals surface area contributed by atoms with Gasteiger partial charge in [0.1, 0.15) is 6.54 Å². The Kier molecular flexibility index (Phi) is 3.34. The molecule has 19 heavy (non-hydrogen) atoms. The Morgan fingerprint density at radius 1 is 1.42 bits per heavy atom. The van der Waals surface area contributed by atoms with Crippen LogP contribution in [0.25, 0.3) is 10.8 Å². The van der Waals surface area contributed by atoms with E-state index < -0.39 is 0 Å². The molecule has 0 aliphatic heterocycles. The minimum Gasteiger partial charge on any atom is -0.396 e. The largest absolute Gasteiger partial charge is 0.396 e. The fraction of sp³-hybridized carbons (Fsp3) is 0.273. The summed E-state index contributed by atoms with van der Waals surface area (Å²) in [4.78, 5) is 5.24. The molecule has 0 atom stereocenters. The van der Waals surface area contributed by atoms with E-state index in [1.807, 2.05) is 17.5 Å². The van der Waals surface area contributed by atoms with Crippen LogP contribution in [0.2, 0.25) is 0 Å². The van der Waals surface area contributed by atoms with Crippen LogP contribution >= 0.6 is 11.3 Å². The molecule has 98 valence electrons. The molecule has 0 radical (unpaired) electrons. The number of rotatable bonds is 5. The molecular weight excluding hydrogens is 266 g/mol. The van der Waals surface area contributed by atoms with Crippen LogP contribution in [0.15, 0.2) is 28.2 Å². The van der Waals surface area contributed by atoms with Crippen LogP contribution in [-0.2, 0) is 13.0 Å². The second-order valence-electron chi connectivity index (χ2n) is 3.87. The van der Waals surface area contributed by atoms with Crippen LogP contribution in [0.1, 0.15) is 11.5 Å². The predicted molar refractivity (Wildman–Crippen MR) is 67.5 cm³/mol. The highest BCUT2D eigenvalue weighted by atomic mass is 32.1. The summed E-state index contributed by atoms with van der Waals surface area (Å²) in [6.07, 6.45) is 2.25. The lowest BCUT2D eigenvalue weighted by Gasteiger charge is -1.92. The Bertz CT molecular complexity index is 646. The topological polar surface area (TPSA) is 89.9 Å². The Balaban J connectivity index is 1.72. The first-order valence-electron chi connectivity index (χ1n) is 5.71. The van der Waals surface area contributed by atoms with Gasteiger partial charge in [0.2, 0.25) is 0 Å². The molecule has 7 nitrogen and oxygen atoms in total. The quantitative estimate of drug-likeness (QED) is 0.747. The SMILES string of the molecule is OCCc1cn(Cc2noc(-c3cccs3)n2)nn1. The van der Waals surface area contributed by atoms with E-state index in [-0.39, 0.29) is 6.61 Å². The Hall–Kier alpha value is -2.06. The van der Waals surface area contributed by atoms with Crippen LogP contribution in [0.3, 0.4) is 0 Å². The van der Waals surface area contributed by atoms with Crippen molar-refractivity contribution in [2.75, 3.05) is 6.61 Å². The molecule has 0 unspecified atom stereocenters. The summed E-state index contributed by atoms with van der Waals surface area (Å²) in [5.41, 5.74) is 0.740. The van der Waals surface area contributed by atoms with Gasteiger partial charge in [0.25, 0.3) is 5.89 Å². The zero-order valence-corrected chi connectivity index (χ0v) is 10.7. The Morgan fingerprint density at radius 2 is 2.37 bits per heavy atom. The molecular formula is C11H11N5O2S. The van der Waals surface area contributed by atoms with E-state index in [1.165, 1.54) is 0 Å². The molecule has 3 heterocycles. The fourth-order valence-electron chi connectivity index (χ4n) is 1.61. The molecule has 0 aromatic carbocycles. The Labute approximate surface area is 112 Å². The summed E-state index contributed by atoms with van der Waals surface area (Å²) in [6, 6.07) is 3.86. The minimum atomic E-state index is 0.0590. The van der Waals surface area contributed by atoms with Crippen molar-refractivity contribution in [1.29, 1.82) is 0 Å². The van der Waals surface area contributed by atoms with Gasteiger partial charge >= 0.3 is 0 Å². The van der Waals surface area contributed by atoms with Gasteiger partial charge in [-0.25, -0.2) is 4.68 Å². The summed E-state index contributed by atoms with van der Waals surface area (Å²) in [5.74, 6) is 1.06. The average molecular weight is 277 g/mol. The summed E-state index contributed by atoms with van der Waals surface area (Å²) < 4.78 is 6.80. The zero-order chi connectivity index (χ0) is 13.1. The number of aromatic nitrogens is 5. The highest BCUT2D eigenvalue weighted by Gasteiger charge is 2.10. The molecule has 3 aromatic rings. The molecule has 0 spiro atoms. The van der Waals surface area contributed by atoms with E-state index in [0.29, 0.717) is 24.7 Å². The van der Waals surface area contributed by atoms with Crippen molar-refractivity contribution in [1.82, 2.24) is 25.1 Å². The molecule has 3 aromatic heterocycles. The monoisotopic (exact) mass is 277 g/mol. The summed E-state index contributed by atoms with van der Waals surface area (Å²) in [5, 5.41) is 22.5. The van der Waals surface area contributed by atoms with Gasteiger partial charge < -0.3 is 9.63 Å². The van der Waals surface area contributed by atoms with E-state index in [0.717, 1.165) is 10.6 Å². The van der Waals surface area contributed by atoms with E-state index >= 15 is 0 Å². The maximum absolute atomic E-state index is 8.81. The van der Waals surface area contributed by atoms with Crippen molar-refractivity contribution < 1.29 is 9.63 Å². The van der Waals surface area contributed by atoms with Gasteiger partial charge in [-0.3, -0.25) is 0 Å². The molecule has 0 saturated heterocycles. The number of nitrogens with zero attached hydrogens (tertiary/aromatic N) is 5. The van der Waals surface area contributed by atoms with Crippen LogP contribution in [0.5, 0.6) is 0 Å².